The van der Waals surface area contributed by atoms with Gasteiger partial charge in [-0.15, -0.1) is 0 Å². The Hall–Kier alpha value is -0.160. The molecule has 1 saturated carbocycles. The number of morpholine rings is 1. The van der Waals surface area contributed by atoms with Crippen molar-refractivity contribution in [2.45, 2.75) is 63.8 Å². The smallest absolute Gasteiger partial charge is 0.0757 e. The van der Waals surface area contributed by atoms with E-state index in [1.807, 2.05) is 0 Å². The predicted molar refractivity (Wildman–Crippen MR) is 72.7 cm³/mol. The molecule has 0 radical (unpaired) electrons. The highest BCUT2D eigenvalue weighted by molar-refractivity contribution is 4.86. The van der Waals surface area contributed by atoms with E-state index in [0.717, 1.165) is 26.1 Å². The molecule has 2 aliphatic rings. The van der Waals surface area contributed by atoms with Gasteiger partial charge >= 0.3 is 0 Å². The van der Waals surface area contributed by atoms with Crippen molar-refractivity contribution in [1.29, 1.82) is 0 Å². The van der Waals surface area contributed by atoms with Gasteiger partial charge in [0.05, 0.1) is 18.3 Å². The molecule has 1 saturated heterocycles. The minimum atomic E-state index is -0.0453. The first-order valence-corrected chi connectivity index (χ1v) is 7.25. The van der Waals surface area contributed by atoms with Crippen LogP contribution in [0.25, 0.3) is 0 Å². The van der Waals surface area contributed by atoms with E-state index in [1.54, 1.807) is 0 Å². The Morgan fingerprint density at radius 3 is 2.72 bits per heavy atom. The zero-order chi connectivity index (χ0) is 13.2. The van der Waals surface area contributed by atoms with Crippen molar-refractivity contribution in [3.8, 4) is 0 Å². The molecule has 1 aliphatic carbocycles. The molecule has 106 valence electrons. The third-order valence-electron chi connectivity index (χ3n) is 3.70. The summed E-state index contributed by atoms with van der Waals surface area (Å²) in [6, 6.07) is 0.931. The van der Waals surface area contributed by atoms with Crippen LogP contribution in [0.5, 0.6) is 0 Å². The lowest BCUT2D eigenvalue weighted by molar-refractivity contribution is -0.129. The number of hydrogen-bond acceptors (Lipinski definition) is 4. The summed E-state index contributed by atoms with van der Waals surface area (Å²) in [4.78, 5) is 2.46. The standard InChI is InChI=1S/C14H28N2O2/c1-11-8-16(10-14(2,3)18-11)7-6-13(9-17)15-12-4-5-12/h11-13,15,17H,4-10H2,1-3H3. The second-order valence-corrected chi connectivity index (χ2v) is 6.53. The lowest BCUT2D eigenvalue weighted by Crippen LogP contribution is -2.52. The molecule has 0 bridgehead atoms. The zero-order valence-electron chi connectivity index (χ0n) is 12.0. The number of hydrogen-bond donors (Lipinski definition) is 2. The fraction of sp³-hybridized carbons (Fsp3) is 1.00. The number of ether oxygens (including phenoxy) is 1. The summed E-state index contributed by atoms with van der Waals surface area (Å²) in [7, 11) is 0. The van der Waals surface area contributed by atoms with Crippen LogP contribution in [0.3, 0.4) is 0 Å². The topological polar surface area (TPSA) is 44.7 Å². The molecule has 0 aromatic rings. The average Bonchev–Trinajstić information content (AvgIpc) is 3.05. The van der Waals surface area contributed by atoms with E-state index in [9.17, 15) is 5.11 Å². The number of nitrogens with one attached hydrogen (secondary N) is 1. The third-order valence-corrected chi connectivity index (χ3v) is 3.70. The van der Waals surface area contributed by atoms with E-state index in [-0.39, 0.29) is 18.2 Å². The Kier molecular flexibility index (Phi) is 4.64. The molecule has 1 aliphatic heterocycles. The number of aliphatic hydroxyl groups excluding tert-OH is 1. The van der Waals surface area contributed by atoms with Crippen LogP contribution in [0.4, 0.5) is 0 Å². The van der Waals surface area contributed by atoms with Crippen molar-refractivity contribution in [2.75, 3.05) is 26.2 Å². The van der Waals surface area contributed by atoms with Crippen molar-refractivity contribution >= 4 is 0 Å². The summed E-state index contributed by atoms with van der Waals surface area (Å²) >= 11 is 0. The van der Waals surface area contributed by atoms with Crippen molar-refractivity contribution in [3.05, 3.63) is 0 Å². The van der Waals surface area contributed by atoms with E-state index in [4.69, 9.17) is 4.74 Å². The van der Waals surface area contributed by atoms with Crippen LogP contribution < -0.4 is 5.32 Å². The Bertz CT molecular complexity index is 267. The fourth-order valence-corrected chi connectivity index (χ4v) is 2.91. The first kappa shape index (κ1) is 14.3. The summed E-state index contributed by atoms with van der Waals surface area (Å²) in [5.74, 6) is 0. The maximum atomic E-state index is 9.38. The van der Waals surface area contributed by atoms with Gasteiger partial charge in [-0.2, -0.15) is 0 Å². The summed E-state index contributed by atoms with van der Waals surface area (Å²) in [6.45, 7) is 9.73. The van der Waals surface area contributed by atoms with Gasteiger partial charge in [-0.05, 0) is 46.6 Å². The molecule has 0 amide bonds. The Balaban J connectivity index is 1.73. The van der Waals surface area contributed by atoms with Crippen LogP contribution in [0.1, 0.15) is 40.0 Å². The monoisotopic (exact) mass is 256 g/mol. The van der Waals surface area contributed by atoms with Crippen LogP contribution in [-0.4, -0.2) is 60.0 Å². The van der Waals surface area contributed by atoms with E-state index in [0.29, 0.717) is 12.1 Å². The van der Waals surface area contributed by atoms with Gasteiger partial charge in [-0.3, -0.25) is 4.90 Å². The zero-order valence-corrected chi connectivity index (χ0v) is 12.0. The van der Waals surface area contributed by atoms with Crippen molar-refractivity contribution < 1.29 is 9.84 Å². The Morgan fingerprint density at radius 1 is 1.44 bits per heavy atom. The van der Waals surface area contributed by atoms with Crippen molar-refractivity contribution in [1.82, 2.24) is 10.2 Å². The van der Waals surface area contributed by atoms with Gasteiger partial charge < -0.3 is 15.2 Å². The molecule has 4 nitrogen and oxygen atoms in total. The second kappa shape index (κ2) is 5.87. The van der Waals surface area contributed by atoms with Crippen LogP contribution in [0.15, 0.2) is 0 Å². The average molecular weight is 256 g/mol. The SMILES string of the molecule is CC1CN(CCC(CO)NC2CC2)CC(C)(C)O1. The molecule has 2 atom stereocenters. The molecule has 0 aromatic heterocycles. The van der Waals surface area contributed by atoms with Gasteiger partial charge in [0.25, 0.3) is 0 Å². The molecule has 2 fully saturated rings. The highest BCUT2D eigenvalue weighted by Crippen LogP contribution is 2.22. The van der Waals surface area contributed by atoms with Crippen molar-refractivity contribution in [3.63, 3.8) is 0 Å². The van der Waals surface area contributed by atoms with Crippen LogP contribution >= 0.6 is 0 Å². The largest absolute Gasteiger partial charge is 0.395 e. The fourth-order valence-electron chi connectivity index (χ4n) is 2.91. The number of nitrogens with zero attached hydrogens (tertiary/aromatic N) is 1. The lowest BCUT2D eigenvalue weighted by atomic mass is 10.0. The summed E-state index contributed by atoms with van der Waals surface area (Å²) < 4.78 is 5.90. The molecular weight excluding hydrogens is 228 g/mol. The molecular formula is C14H28N2O2. The summed E-state index contributed by atoms with van der Waals surface area (Å²) in [5, 5.41) is 12.9. The maximum absolute atomic E-state index is 9.38. The van der Waals surface area contributed by atoms with Crippen LogP contribution in [0, 0.1) is 0 Å². The third kappa shape index (κ3) is 4.50. The van der Waals surface area contributed by atoms with E-state index in [1.165, 1.54) is 12.8 Å². The van der Waals surface area contributed by atoms with Gasteiger partial charge in [0, 0.05) is 25.2 Å². The van der Waals surface area contributed by atoms with Gasteiger partial charge in [-0.25, -0.2) is 0 Å². The lowest BCUT2D eigenvalue weighted by Gasteiger charge is -2.42. The highest BCUT2D eigenvalue weighted by Gasteiger charge is 2.31. The van der Waals surface area contributed by atoms with Crippen molar-refractivity contribution in [2.24, 2.45) is 0 Å². The minimum absolute atomic E-state index is 0.0453. The highest BCUT2D eigenvalue weighted by atomic mass is 16.5. The van der Waals surface area contributed by atoms with Crippen LogP contribution in [-0.2, 0) is 4.74 Å². The minimum Gasteiger partial charge on any atom is -0.395 e. The molecule has 4 heteroatoms. The second-order valence-electron chi connectivity index (χ2n) is 6.53. The van der Waals surface area contributed by atoms with Crippen LogP contribution in [0.2, 0.25) is 0 Å². The van der Waals surface area contributed by atoms with Gasteiger partial charge in [0.1, 0.15) is 0 Å². The number of aliphatic hydroxyl groups is 1. The molecule has 0 aromatic carbocycles. The first-order chi connectivity index (χ1) is 8.48. The maximum Gasteiger partial charge on any atom is 0.0757 e. The molecule has 2 N–H and O–H groups in total. The normalized spacial score (nSPS) is 30.3. The molecule has 2 rings (SSSR count). The molecule has 0 spiro atoms. The first-order valence-electron chi connectivity index (χ1n) is 7.25. The van der Waals surface area contributed by atoms with Gasteiger partial charge in [0.2, 0.25) is 0 Å². The Labute approximate surface area is 111 Å². The van der Waals surface area contributed by atoms with E-state index in [2.05, 4.69) is 31.0 Å². The Morgan fingerprint density at radius 2 is 2.17 bits per heavy atom. The summed E-state index contributed by atoms with van der Waals surface area (Å²) in [5.41, 5.74) is -0.0453. The number of rotatable bonds is 6. The molecule has 2 unspecified atom stereocenters. The van der Waals surface area contributed by atoms with E-state index >= 15 is 0 Å². The van der Waals surface area contributed by atoms with Gasteiger partial charge in [-0.1, -0.05) is 0 Å². The molecule has 18 heavy (non-hydrogen) atoms. The predicted octanol–water partition coefficient (Wildman–Crippen LogP) is 0.989. The molecule has 1 heterocycles. The quantitative estimate of drug-likeness (QED) is 0.744. The summed E-state index contributed by atoms with van der Waals surface area (Å²) in [6.07, 6.45) is 3.88. The van der Waals surface area contributed by atoms with Gasteiger partial charge in [0.15, 0.2) is 0 Å². The van der Waals surface area contributed by atoms with E-state index < -0.39 is 0 Å².